The minimum atomic E-state index is -0.232. The van der Waals surface area contributed by atoms with Crippen LogP contribution in [-0.2, 0) is 4.74 Å². The number of unbranched alkanes of at least 4 members (excludes halogenated alkanes) is 3. The molecule has 1 amide bonds. The Morgan fingerprint density at radius 2 is 1.93 bits per heavy atom. The summed E-state index contributed by atoms with van der Waals surface area (Å²) in [4.78, 5) is 12.8. The molecule has 0 aromatic carbocycles. The molecule has 4 heteroatoms. The van der Waals surface area contributed by atoms with Crippen molar-refractivity contribution in [1.29, 1.82) is 0 Å². The molecule has 0 fully saturated rings. The smallest absolute Gasteiger partial charge is 0.409 e. The summed E-state index contributed by atoms with van der Waals surface area (Å²) >= 11 is 5.55. The van der Waals surface area contributed by atoms with Gasteiger partial charge in [-0.05, 0) is 19.8 Å². The lowest BCUT2D eigenvalue weighted by atomic mass is 10.2. The third-order valence-electron chi connectivity index (χ3n) is 1.96. The molecule has 14 heavy (non-hydrogen) atoms. The first-order chi connectivity index (χ1) is 6.72. The summed E-state index contributed by atoms with van der Waals surface area (Å²) in [6.07, 6.45) is 4.11. The number of carbonyl (C=O) groups excluding carboxylic acids is 1. The zero-order valence-corrected chi connectivity index (χ0v) is 9.85. The van der Waals surface area contributed by atoms with Crippen LogP contribution in [0.15, 0.2) is 0 Å². The van der Waals surface area contributed by atoms with Crippen LogP contribution in [0, 0.1) is 0 Å². The average Bonchev–Trinajstić information content (AvgIpc) is 2.17. The van der Waals surface area contributed by atoms with E-state index in [0.29, 0.717) is 6.61 Å². The minimum absolute atomic E-state index is 0.232. The molecular weight excluding hydrogens is 202 g/mol. The van der Waals surface area contributed by atoms with Gasteiger partial charge in [0, 0.05) is 19.5 Å². The van der Waals surface area contributed by atoms with E-state index >= 15 is 0 Å². The Bertz CT molecular complexity index is 153. The van der Waals surface area contributed by atoms with E-state index < -0.39 is 0 Å². The normalized spacial score (nSPS) is 9.93. The van der Waals surface area contributed by atoms with Crippen LogP contribution < -0.4 is 0 Å². The molecule has 0 aliphatic rings. The fourth-order valence-electron chi connectivity index (χ4n) is 1.12. The second kappa shape index (κ2) is 9.13. The molecule has 0 spiro atoms. The molecule has 0 bridgehead atoms. The molecule has 0 atom stereocenters. The lowest BCUT2D eigenvalue weighted by Crippen LogP contribution is -2.28. The van der Waals surface area contributed by atoms with E-state index in [1.54, 1.807) is 11.9 Å². The van der Waals surface area contributed by atoms with Crippen molar-refractivity contribution < 1.29 is 9.53 Å². The molecule has 0 rings (SSSR count). The molecule has 0 radical (unpaired) electrons. The third-order valence-corrected chi connectivity index (χ3v) is 2.22. The van der Waals surface area contributed by atoms with Crippen molar-refractivity contribution in [2.75, 3.05) is 26.1 Å². The van der Waals surface area contributed by atoms with Crippen molar-refractivity contribution in [1.82, 2.24) is 4.90 Å². The van der Waals surface area contributed by atoms with Crippen LogP contribution in [0.1, 0.15) is 32.6 Å². The highest BCUT2D eigenvalue weighted by Gasteiger charge is 2.07. The number of carbonyl (C=O) groups is 1. The van der Waals surface area contributed by atoms with Crippen molar-refractivity contribution in [3.8, 4) is 0 Å². The van der Waals surface area contributed by atoms with Gasteiger partial charge in [-0.2, -0.15) is 0 Å². The van der Waals surface area contributed by atoms with Gasteiger partial charge >= 0.3 is 6.09 Å². The van der Waals surface area contributed by atoms with Gasteiger partial charge in [-0.3, -0.25) is 0 Å². The van der Waals surface area contributed by atoms with Crippen LogP contribution in [0.2, 0.25) is 0 Å². The number of hydrogen-bond acceptors (Lipinski definition) is 2. The van der Waals surface area contributed by atoms with E-state index in [4.69, 9.17) is 16.3 Å². The van der Waals surface area contributed by atoms with Gasteiger partial charge in [-0.15, -0.1) is 11.6 Å². The van der Waals surface area contributed by atoms with Crippen molar-refractivity contribution in [2.24, 2.45) is 0 Å². The first kappa shape index (κ1) is 13.6. The third kappa shape index (κ3) is 7.01. The maximum atomic E-state index is 11.1. The van der Waals surface area contributed by atoms with Gasteiger partial charge in [0.05, 0.1) is 6.61 Å². The number of hydrogen-bond donors (Lipinski definition) is 0. The van der Waals surface area contributed by atoms with Crippen molar-refractivity contribution in [3.63, 3.8) is 0 Å². The largest absolute Gasteiger partial charge is 0.450 e. The first-order valence-electron chi connectivity index (χ1n) is 5.16. The molecule has 0 aromatic rings. The maximum Gasteiger partial charge on any atom is 0.409 e. The average molecular weight is 222 g/mol. The predicted octanol–water partition coefficient (Wildman–Crippen LogP) is 2.87. The van der Waals surface area contributed by atoms with Crippen molar-refractivity contribution in [3.05, 3.63) is 0 Å². The van der Waals surface area contributed by atoms with E-state index in [9.17, 15) is 4.79 Å². The number of halogens is 1. The zero-order valence-electron chi connectivity index (χ0n) is 9.09. The standard InChI is InChI=1S/C10H20ClNO2/c1-3-14-10(13)12(2)9-7-5-4-6-8-11/h3-9H2,1-2H3. The Balaban J connectivity index is 3.34. The molecule has 0 N–H and O–H groups in total. The Hall–Kier alpha value is -0.440. The fraction of sp³-hybridized carbons (Fsp3) is 0.900. The Kier molecular flexibility index (Phi) is 8.84. The number of rotatable bonds is 7. The number of ether oxygens (including phenoxy) is 1. The van der Waals surface area contributed by atoms with Crippen LogP contribution in [0.5, 0.6) is 0 Å². The van der Waals surface area contributed by atoms with E-state index in [1.807, 2.05) is 6.92 Å². The summed E-state index contributed by atoms with van der Waals surface area (Å²) in [5.74, 6) is 0.730. The van der Waals surface area contributed by atoms with E-state index in [-0.39, 0.29) is 6.09 Å². The fourth-order valence-corrected chi connectivity index (χ4v) is 1.31. The lowest BCUT2D eigenvalue weighted by molar-refractivity contribution is 0.115. The van der Waals surface area contributed by atoms with Gasteiger partial charge in [-0.25, -0.2) is 4.79 Å². The zero-order chi connectivity index (χ0) is 10.8. The molecular formula is C10H20ClNO2. The minimum Gasteiger partial charge on any atom is -0.450 e. The highest BCUT2D eigenvalue weighted by atomic mass is 35.5. The molecule has 84 valence electrons. The van der Waals surface area contributed by atoms with Gasteiger partial charge in [0.2, 0.25) is 0 Å². The summed E-state index contributed by atoms with van der Waals surface area (Å²) in [5, 5.41) is 0. The molecule has 0 aliphatic heterocycles. The van der Waals surface area contributed by atoms with E-state index in [1.165, 1.54) is 0 Å². The summed E-state index contributed by atoms with van der Waals surface area (Å²) in [6.45, 7) is 3.02. The Labute approximate surface area is 91.4 Å². The molecule has 3 nitrogen and oxygen atoms in total. The van der Waals surface area contributed by atoms with Gasteiger partial charge in [0.15, 0.2) is 0 Å². The second-order valence-corrected chi connectivity index (χ2v) is 3.60. The van der Waals surface area contributed by atoms with Crippen LogP contribution in [-0.4, -0.2) is 37.1 Å². The second-order valence-electron chi connectivity index (χ2n) is 3.22. The van der Waals surface area contributed by atoms with Gasteiger partial charge < -0.3 is 9.64 Å². The van der Waals surface area contributed by atoms with Gasteiger partial charge in [-0.1, -0.05) is 12.8 Å². The maximum absolute atomic E-state index is 11.1. The van der Waals surface area contributed by atoms with Crippen LogP contribution in [0.25, 0.3) is 0 Å². The molecule has 0 heterocycles. The first-order valence-corrected chi connectivity index (χ1v) is 5.69. The van der Waals surface area contributed by atoms with Gasteiger partial charge in [0.1, 0.15) is 0 Å². The van der Waals surface area contributed by atoms with E-state index in [0.717, 1.165) is 38.1 Å². The highest BCUT2D eigenvalue weighted by Crippen LogP contribution is 2.02. The monoisotopic (exact) mass is 221 g/mol. The molecule has 0 aliphatic carbocycles. The number of alkyl halides is 1. The van der Waals surface area contributed by atoms with Crippen LogP contribution >= 0.6 is 11.6 Å². The van der Waals surface area contributed by atoms with Gasteiger partial charge in [0.25, 0.3) is 0 Å². The molecule has 0 saturated carbocycles. The summed E-state index contributed by atoms with van der Waals surface area (Å²) in [5.41, 5.74) is 0. The quantitative estimate of drug-likeness (QED) is 0.489. The summed E-state index contributed by atoms with van der Waals surface area (Å²) in [7, 11) is 1.76. The van der Waals surface area contributed by atoms with Crippen molar-refractivity contribution in [2.45, 2.75) is 32.6 Å². The van der Waals surface area contributed by atoms with Crippen molar-refractivity contribution >= 4 is 17.7 Å². The SMILES string of the molecule is CCOC(=O)N(C)CCCCCCCl. The topological polar surface area (TPSA) is 29.5 Å². The van der Waals surface area contributed by atoms with Crippen LogP contribution in [0.4, 0.5) is 4.79 Å². The number of nitrogens with zero attached hydrogens (tertiary/aromatic N) is 1. The highest BCUT2D eigenvalue weighted by molar-refractivity contribution is 6.17. The van der Waals surface area contributed by atoms with E-state index in [2.05, 4.69) is 0 Å². The molecule has 0 aromatic heterocycles. The Morgan fingerprint density at radius 1 is 1.29 bits per heavy atom. The lowest BCUT2D eigenvalue weighted by Gasteiger charge is -2.15. The predicted molar refractivity (Wildman–Crippen MR) is 58.8 cm³/mol. The summed E-state index contributed by atoms with van der Waals surface area (Å²) in [6, 6.07) is 0. The Morgan fingerprint density at radius 3 is 2.50 bits per heavy atom. The van der Waals surface area contributed by atoms with Crippen LogP contribution in [0.3, 0.4) is 0 Å². The summed E-state index contributed by atoms with van der Waals surface area (Å²) < 4.78 is 4.85. The molecule has 0 saturated heterocycles. The number of amides is 1. The molecule has 0 unspecified atom stereocenters.